The Hall–Kier alpha value is -0.970. The first-order valence-corrected chi connectivity index (χ1v) is 7.59. The van der Waals surface area contributed by atoms with Gasteiger partial charge in [-0.1, -0.05) is 6.07 Å². The summed E-state index contributed by atoms with van der Waals surface area (Å²) in [5.41, 5.74) is 0.801. The van der Waals surface area contributed by atoms with E-state index in [-0.39, 0.29) is 11.9 Å². The molecule has 1 aromatic carbocycles. The lowest BCUT2D eigenvalue weighted by Crippen LogP contribution is -2.35. The number of halogens is 2. The van der Waals surface area contributed by atoms with Crippen LogP contribution in [0, 0.1) is 17.1 Å². The van der Waals surface area contributed by atoms with Crippen molar-refractivity contribution in [2.75, 3.05) is 5.75 Å². The molecule has 1 aromatic rings. The third kappa shape index (κ3) is 4.72. The molecular formula is C11H12BrFN2O2S. The maximum Gasteiger partial charge on any atom is 0.225 e. The van der Waals surface area contributed by atoms with E-state index in [1.165, 1.54) is 6.07 Å². The molecule has 0 aliphatic rings. The Labute approximate surface area is 114 Å². The summed E-state index contributed by atoms with van der Waals surface area (Å²) in [5, 5.41) is 8.35. The fourth-order valence-corrected chi connectivity index (χ4v) is 2.87. The zero-order valence-corrected chi connectivity index (χ0v) is 12.1. The number of benzene rings is 1. The largest absolute Gasteiger partial charge is 0.225 e. The van der Waals surface area contributed by atoms with Crippen LogP contribution in [-0.4, -0.2) is 20.2 Å². The minimum Gasteiger partial charge on any atom is -0.211 e. The van der Waals surface area contributed by atoms with Gasteiger partial charge >= 0.3 is 0 Å². The quantitative estimate of drug-likeness (QED) is 0.894. The van der Waals surface area contributed by atoms with Gasteiger partial charge in [-0.05, 0) is 47.0 Å². The fraction of sp³-hybridized carbons (Fsp3) is 0.364. The molecule has 1 N–H and O–H groups in total. The number of nitriles is 1. The maximum absolute atomic E-state index is 13.0. The number of hydrogen-bond acceptors (Lipinski definition) is 3. The van der Waals surface area contributed by atoms with Crippen LogP contribution in [0.15, 0.2) is 22.7 Å². The minimum absolute atomic E-state index is 0.340. The lowest BCUT2D eigenvalue weighted by Gasteiger charge is -2.13. The van der Waals surface area contributed by atoms with Gasteiger partial charge in [0.25, 0.3) is 0 Å². The molecule has 0 bridgehead atoms. The van der Waals surface area contributed by atoms with E-state index in [0.717, 1.165) is 5.56 Å². The van der Waals surface area contributed by atoms with Crippen LogP contribution in [0.25, 0.3) is 0 Å². The molecule has 0 aromatic heterocycles. The summed E-state index contributed by atoms with van der Waals surface area (Å²) < 4.78 is 38.4. The average molecular weight is 335 g/mol. The van der Waals surface area contributed by atoms with Crippen LogP contribution < -0.4 is 4.72 Å². The smallest absolute Gasteiger partial charge is 0.211 e. The van der Waals surface area contributed by atoms with Crippen LogP contribution in [0.4, 0.5) is 4.39 Å². The van der Waals surface area contributed by atoms with Gasteiger partial charge in [-0.3, -0.25) is 0 Å². The highest BCUT2D eigenvalue weighted by Crippen LogP contribution is 2.17. The molecule has 0 amide bonds. The predicted molar refractivity (Wildman–Crippen MR) is 69.8 cm³/mol. The molecule has 0 aliphatic heterocycles. The molecule has 1 atom stereocenters. The van der Waals surface area contributed by atoms with Gasteiger partial charge < -0.3 is 0 Å². The molecule has 7 heteroatoms. The summed E-state index contributed by atoms with van der Waals surface area (Å²) in [6.45, 7) is 1.69. The van der Waals surface area contributed by atoms with E-state index in [0.29, 0.717) is 10.9 Å². The summed E-state index contributed by atoms with van der Waals surface area (Å²) in [4.78, 5) is 0. The predicted octanol–water partition coefficient (Wildman–Crippen LogP) is 1.96. The van der Waals surface area contributed by atoms with Gasteiger partial charge in [0.2, 0.25) is 10.0 Å². The molecule has 0 spiro atoms. The number of rotatable bonds is 5. The Morgan fingerprint density at radius 2 is 2.22 bits per heavy atom. The van der Waals surface area contributed by atoms with Gasteiger partial charge in [-0.15, -0.1) is 0 Å². The van der Waals surface area contributed by atoms with Crippen molar-refractivity contribution in [3.05, 3.63) is 34.1 Å². The van der Waals surface area contributed by atoms with Gasteiger partial charge in [0.15, 0.2) is 5.75 Å². The number of hydrogen-bond donors (Lipinski definition) is 1. The Morgan fingerprint density at radius 3 is 2.78 bits per heavy atom. The van der Waals surface area contributed by atoms with Crippen LogP contribution in [-0.2, 0) is 16.4 Å². The minimum atomic E-state index is -3.57. The molecule has 1 unspecified atom stereocenters. The van der Waals surface area contributed by atoms with Crippen molar-refractivity contribution in [2.24, 2.45) is 0 Å². The number of sulfonamides is 1. The van der Waals surface area contributed by atoms with Crippen LogP contribution in [0.1, 0.15) is 12.5 Å². The van der Waals surface area contributed by atoms with E-state index < -0.39 is 15.8 Å². The summed E-state index contributed by atoms with van der Waals surface area (Å²) in [5.74, 6) is -0.929. The van der Waals surface area contributed by atoms with Gasteiger partial charge in [-0.25, -0.2) is 17.5 Å². The van der Waals surface area contributed by atoms with Crippen molar-refractivity contribution in [1.82, 2.24) is 4.72 Å². The Kier molecular flexibility index (Phi) is 5.26. The standard InChI is InChI=1S/C11H12BrFN2O2S/c1-8(15-18(16,17)5-4-14)6-9-2-3-11(13)10(12)7-9/h2-3,7-8,15H,5-6H2,1H3. The highest BCUT2D eigenvalue weighted by atomic mass is 79.9. The lowest BCUT2D eigenvalue weighted by molar-refractivity contribution is 0.562. The van der Waals surface area contributed by atoms with E-state index in [1.54, 1.807) is 25.1 Å². The van der Waals surface area contributed by atoms with Crippen LogP contribution >= 0.6 is 15.9 Å². The second kappa shape index (κ2) is 6.27. The molecule has 4 nitrogen and oxygen atoms in total. The highest BCUT2D eigenvalue weighted by molar-refractivity contribution is 9.10. The Morgan fingerprint density at radius 1 is 1.56 bits per heavy atom. The zero-order valence-electron chi connectivity index (χ0n) is 9.65. The first-order valence-electron chi connectivity index (χ1n) is 5.15. The first kappa shape index (κ1) is 15.1. The molecule has 18 heavy (non-hydrogen) atoms. The van der Waals surface area contributed by atoms with Gasteiger partial charge in [0.1, 0.15) is 5.82 Å². The van der Waals surface area contributed by atoms with Crippen LogP contribution in [0.5, 0.6) is 0 Å². The average Bonchev–Trinajstić information content (AvgIpc) is 2.22. The summed E-state index contributed by atoms with van der Waals surface area (Å²) >= 11 is 3.07. The molecule has 0 saturated carbocycles. The van der Waals surface area contributed by atoms with Gasteiger partial charge in [-0.2, -0.15) is 5.26 Å². The molecule has 0 fully saturated rings. The van der Waals surface area contributed by atoms with E-state index in [2.05, 4.69) is 20.7 Å². The second-order valence-electron chi connectivity index (χ2n) is 3.89. The van der Waals surface area contributed by atoms with E-state index >= 15 is 0 Å². The van der Waals surface area contributed by atoms with E-state index in [4.69, 9.17) is 5.26 Å². The normalized spacial score (nSPS) is 13.0. The van der Waals surface area contributed by atoms with Crippen molar-refractivity contribution in [3.8, 4) is 6.07 Å². The molecule has 0 saturated heterocycles. The van der Waals surface area contributed by atoms with Crippen molar-refractivity contribution in [2.45, 2.75) is 19.4 Å². The molecule has 0 radical (unpaired) electrons. The molecular weight excluding hydrogens is 323 g/mol. The maximum atomic E-state index is 13.0. The number of nitrogens with zero attached hydrogens (tertiary/aromatic N) is 1. The fourth-order valence-electron chi connectivity index (χ4n) is 1.49. The lowest BCUT2D eigenvalue weighted by atomic mass is 10.1. The van der Waals surface area contributed by atoms with E-state index in [1.807, 2.05) is 0 Å². The molecule has 1 rings (SSSR count). The Balaban J connectivity index is 2.68. The topological polar surface area (TPSA) is 70.0 Å². The summed E-state index contributed by atoms with van der Waals surface area (Å²) in [6, 6.07) is 5.74. The van der Waals surface area contributed by atoms with Gasteiger partial charge in [0, 0.05) is 6.04 Å². The van der Waals surface area contributed by atoms with Crippen molar-refractivity contribution in [3.63, 3.8) is 0 Å². The van der Waals surface area contributed by atoms with Gasteiger partial charge in [0.05, 0.1) is 10.5 Å². The van der Waals surface area contributed by atoms with Crippen LogP contribution in [0.2, 0.25) is 0 Å². The summed E-state index contributed by atoms with van der Waals surface area (Å²) in [7, 11) is -3.57. The molecule has 0 aliphatic carbocycles. The SMILES string of the molecule is CC(Cc1ccc(F)c(Br)c1)NS(=O)(=O)CC#N. The first-order chi connectivity index (χ1) is 8.34. The zero-order chi connectivity index (χ0) is 13.8. The van der Waals surface area contributed by atoms with Crippen molar-refractivity contribution >= 4 is 26.0 Å². The third-order valence-electron chi connectivity index (χ3n) is 2.16. The Bertz CT molecular complexity index is 569. The van der Waals surface area contributed by atoms with Crippen molar-refractivity contribution < 1.29 is 12.8 Å². The molecule has 0 heterocycles. The summed E-state index contributed by atoms with van der Waals surface area (Å²) in [6.07, 6.45) is 0.420. The monoisotopic (exact) mass is 334 g/mol. The second-order valence-corrected chi connectivity index (χ2v) is 6.50. The highest BCUT2D eigenvalue weighted by Gasteiger charge is 2.14. The number of nitrogens with one attached hydrogen (secondary N) is 1. The molecule has 98 valence electrons. The van der Waals surface area contributed by atoms with Crippen LogP contribution in [0.3, 0.4) is 0 Å². The third-order valence-corrected chi connectivity index (χ3v) is 4.04. The van der Waals surface area contributed by atoms with E-state index in [9.17, 15) is 12.8 Å². The van der Waals surface area contributed by atoms with Crippen molar-refractivity contribution in [1.29, 1.82) is 5.26 Å².